The molecular weight excluding hydrogens is 402 g/mol. The Labute approximate surface area is 188 Å². The summed E-state index contributed by atoms with van der Waals surface area (Å²) in [4.78, 5) is 32.8. The fourth-order valence-corrected chi connectivity index (χ4v) is 3.98. The van der Waals surface area contributed by atoms with Crippen LogP contribution in [0.25, 0.3) is 0 Å². The van der Waals surface area contributed by atoms with Gasteiger partial charge in [0, 0.05) is 53.2 Å². The number of carbonyl (C=O) groups is 1. The summed E-state index contributed by atoms with van der Waals surface area (Å²) < 4.78 is 0. The zero-order valence-electron chi connectivity index (χ0n) is 19.0. The minimum atomic E-state index is -0.0152. The lowest BCUT2D eigenvalue weighted by atomic mass is 9.96. The number of hydrogen-bond acceptors (Lipinski definition) is 7. The van der Waals surface area contributed by atoms with Crippen LogP contribution in [-0.4, -0.2) is 38.9 Å². The van der Waals surface area contributed by atoms with Gasteiger partial charge < -0.3 is 15.5 Å². The van der Waals surface area contributed by atoms with Crippen LogP contribution in [0.15, 0.2) is 36.4 Å². The van der Waals surface area contributed by atoms with Crippen LogP contribution in [-0.2, 0) is 4.79 Å². The molecule has 0 radical (unpaired) electrons. The van der Waals surface area contributed by atoms with Crippen LogP contribution >= 0.6 is 0 Å². The fraction of sp³-hybridized carbons (Fsp3) is 0.375. The molecule has 8 nitrogen and oxygen atoms in total. The topological polar surface area (TPSA) is 95.9 Å². The number of aromatic nitrogens is 4. The second-order valence-corrected chi connectivity index (χ2v) is 8.38. The monoisotopic (exact) mass is 431 g/mol. The molecule has 3 heterocycles. The molecule has 0 aliphatic carbocycles. The zero-order chi connectivity index (χ0) is 22.7. The van der Waals surface area contributed by atoms with Gasteiger partial charge in [-0.15, -0.1) is 0 Å². The number of nitrogens with one attached hydrogen (secondary N) is 2. The van der Waals surface area contributed by atoms with Crippen LogP contribution in [0.1, 0.15) is 35.6 Å². The molecule has 0 bridgehead atoms. The highest BCUT2D eigenvalue weighted by molar-refractivity contribution is 5.92. The minimum Gasteiger partial charge on any atom is -0.341 e. The van der Waals surface area contributed by atoms with Gasteiger partial charge in [-0.25, -0.2) is 19.9 Å². The molecule has 8 heteroatoms. The summed E-state index contributed by atoms with van der Waals surface area (Å²) in [5.41, 5.74) is 5.42. The lowest BCUT2D eigenvalue weighted by molar-refractivity contribution is -0.120. The largest absolute Gasteiger partial charge is 0.341 e. The van der Waals surface area contributed by atoms with E-state index in [0.717, 1.165) is 66.0 Å². The van der Waals surface area contributed by atoms with E-state index in [-0.39, 0.29) is 11.8 Å². The molecule has 0 spiro atoms. The number of aryl methyl sites for hydroxylation is 4. The number of benzene rings is 1. The number of nitrogens with zero attached hydrogens (tertiary/aromatic N) is 5. The van der Waals surface area contributed by atoms with Crippen LogP contribution in [0, 0.1) is 33.6 Å². The highest BCUT2D eigenvalue weighted by atomic mass is 16.1. The molecule has 1 fully saturated rings. The maximum Gasteiger partial charge on any atom is 0.227 e. The molecule has 32 heavy (non-hydrogen) atoms. The van der Waals surface area contributed by atoms with Crippen molar-refractivity contribution in [3.05, 3.63) is 59.2 Å². The molecule has 0 atom stereocenters. The first-order valence-electron chi connectivity index (χ1n) is 10.9. The SMILES string of the molecule is Cc1cc(C)nc(Nc2ccc(NC(=O)C3CCN(c4nc(C)cc(C)n4)CC3)cc2)n1. The van der Waals surface area contributed by atoms with E-state index in [2.05, 4.69) is 35.5 Å². The van der Waals surface area contributed by atoms with Gasteiger partial charge in [0.15, 0.2) is 0 Å². The Kier molecular flexibility index (Phi) is 6.30. The van der Waals surface area contributed by atoms with E-state index < -0.39 is 0 Å². The average molecular weight is 432 g/mol. The van der Waals surface area contributed by atoms with E-state index in [1.165, 1.54) is 0 Å². The molecule has 1 saturated heterocycles. The van der Waals surface area contributed by atoms with Crippen LogP contribution < -0.4 is 15.5 Å². The Bertz CT molecular complexity index is 1070. The Morgan fingerprint density at radius 1 is 0.812 bits per heavy atom. The van der Waals surface area contributed by atoms with Gasteiger partial charge in [-0.2, -0.15) is 0 Å². The number of carbonyl (C=O) groups excluding carboxylic acids is 1. The third-order valence-corrected chi connectivity index (χ3v) is 5.51. The van der Waals surface area contributed by atoms with Gasteiger partial charge in [0.2, 0.25) is 17.8 Å². The van der Waals surface area contributed by atoms with Gasteiger partial charge in [-0.3, -0.25) is 4.79 Å². The molecule has 1 aliphatic heterocycles. The number of piperidine rings is 1. The molecule has 1 amide bonds. The van der Waals surface area contributed by atoms with E-state index in [4.69, 9.17) is 0 Å². The summed E-state index contributed by atoms with van der Waals surface area (Å²) in [7, 11) is 0. The predicted octanol–water partition coefficient (Wildman–Crippen LogP) is 4.10. The third-order valence-electron chi connectivity index (χ3n) is 5.51. The average Bonchev–Trinajstić information content (AvgIpc) is 2.74. The van der Waals surface area contributed by atoms with Gasteiger partial charge in [-0.05, 0) is 76.9 Å². The van der Waals surface area contributed by atoms with Gasteiger partial charge in [-0.1, -0.05) is 0 Å². The van der Waals surface area contributed by atoms with Crippen molar-refractivity contribution in [2.45, 2.75) is 40.5 Å². The lowest BCUT2D eigenvalue weighted by Gasteiger charge is -2.31. The first-order chi connectivity index (χ1) is 15.4. The molecule has 166 valence electrons. The highest BCUT2D eigenvalue weighted by Crippen LogP contribution is 2.23. The van der Waals surface area contributed by atoms with Gasteiger partial charge in [0.25, 0.3) is 0 Å². The maximum absolute atomic E-state index is 12.8. The van der Waals surface area contributed by atoms with Crippen LogP contribution in [0.3, 0.4) is 0 Å². The molecule has 1 aromatic carbocycles. The van der Waals surface area contributed by atoms with E-state index in [0.29, 0.717) is 5.95 Å². The number of hydrogen-bond donors (Lipinski definition) is 2. The Morgan fingerprint density at radius 2 is 1.31 bits per heavy atom. The van der Waals surface area contributed by atoms with Crippen LogP contribution in [0.2, 0.25) is 0 Å². The van der Waals surface area contributed by atoms with E-state index in [1.807, 2.05) is 64.1 Å². The maximum atomic E-state index is 12.8. The van der Waals surface area contributed by atoms with Crippen LogP contribution in [0.5, 0.6) is 0 Å². The predicted molar refractivity (Wildman–Crippen MR) is 126 cm³/mol. The molecular formula is C24H29N7O. The summed E-state index contributed by atoms with van der Waals surface area (Å²) in [6.07, 6.45) is 1.57. The van der Waals surface area contributed by atoms with Crippen molar-refractivity contribution in [2.24, 2.45) is 5.92 Å². The zero-order valence-corrected chi connectivity index (χ0v) is 19.0. The molecule has 2 N–H and O–H groups in total. The summed E-state index contributed by atoms with van der Waals surface area (Å²) >= 11 is 0. The minimum absolute atomic E-state index is 0.0152. The molecule has 1 aliphatic rings. The normalized spacial score (nSPS) is 14.3. The van der Waals surface area contributed by atoms with Gasteiger partial charge in [0.1, 0.15) is 0 Å². The first-order valence-corrected chi connectivity index (χ1v) is 10.9. The molecule has 3 aromatic rings. The van der Waals surface area contributed by atoms with Crippen LogP contribution in [0.4, 0.5) is 23.3 Å². The molecule has 4 rings (SSSR count). The van der Waals surface area contributed by atoms with E-state index in [1.54, 1.807) is 0 Å². The van der Waals surface area contributed by atoms with E-state index >= 15 is 0 Å². The van der Waals surface area contributed by atoms with Gasteiger partial charge in [0.05, 0.1) is 0 Å². The van der Waals surface area contributed by atoms with Gasteiger partial charge >= 0.3 is 0 Å². The summed E-state index contributed by atoms with van der Waals surface area (Å²) in [5.74, 6) is 1.37. The Hall–Kier alpha value is -3.55. The van der Waals surface area contributed by atoms with Crippen molar-refractivity contribution < 1.29 is 4.79 Å². The number of amides is 1. The van der Waals surface area contributed by atoms with Crippen molar-refractivity contribution in [1.82, 2.24) is 19.9 Å². The Balaban J connectivity index is 1.31. The lowest BCUT2D eigenvalue weighted by Crippen LogP contribution is -2.39. The van der Waals surface area contributed by atoms with E-state index in [9.17, 15) is 4.79 Å². The highest BCUT2D eigenvalue weighted by Gasteiger charge is 2.26. The second-order valence-electron chi connectivity index (χ2n) is 8.38. The second kappa shape index (κ2) is 9.30. The summed E-state index contributed by atoms with van der Waals surface area (Å²) in [6.45, 7) is 9.40. The standard InChI is InChI=1S/C24H29N7O/c1-15-13-16(2)26-23(25-15)30-21-7-5-20(6-8-21)29-22(32)19-9-11-31(12-10-19)24-27-17(3)14-18(4)28-24/h5-8,13-14,19H,9-12H2,1-4H3,(H,29,32)(H,25,26,30). The van der Waals surface area contributed by atoms with Crippen molar-refractivity contribution in [2.75, 3.05) is 28.6 Å². The van der Waals surface area contributed by atoms with Crippen molar-refractivity contribution in [1.29, 1.82) is 0 Å². The smallest absolute Gasteiger partial charge is 0.227 e. The van der Waals surface area contributed by atoms with Crippen molar-refractivity contribution in [3.63, 3.8) is 0 Å². The third kappa shape index (κ3) is 5.38. The summed E-state index contributed by atoms with van der Waals surface area (Å²) in [6, 6.07) is 11.5. The molecule has 0 unspecified atom stereocenters. The molecule has 2 aromatic heterocycles. The summed E-state index contributed by atoms with van der Waals surface area (Å²) in [5, 5.41) is 6.25. The first kappa shape index (κ1) is 21.7. The molecule has 0 saturated carbocycles. The van der Waals surface area contributed by atoms with Crippen molar-refractivity contribution >= 4 is 29.2 Å². The quantitative estimate of drug-likeness (QED) is 0.628. The number of anilines is 4. The Morgan fingerprint density at radius 3 is 1.88 bits per heavy atom. The fourth-order valence-electron chi connectivity index (χ4n) is 3.98. The van der Waals surface area contributed by atoms with Crippen molar-refractivity contribution in [3.8, 4) is 0 Å². The number of rotatable bonds is 5.